The highest BCUT2D eigenvalue weighted by Crippen LogP contribution is 2.52. The van der Waals surface area contributed by atoms with Crippen molar-refractivity contribution in [2.45, 2.75) is 216 Å². The van der Waals surface area contributed by atoms with Crippen LogP contribution in [0.4, 0.5) is 0 Å². The maximum absolute atomic E-state index is 12.1. The first kappa shape index (κ1) is 59.3. The van der Waals surface area contributed by atoms with Crippen molar-refractivity contribution < 1.29 is 28.5 Å². The Labute approximate surface area is 379 Å². The minimum Gasteiger partial charge on any atom is -0.469 e. The molecule has 5 aliphatic rings. The van der Waals surface area contributed by atoms with Crippen LogP contribution in [-0.4, -0.2) is 66.2 Å². The molecule has 358 valence electrons. The van der Waals surface area contributed by atoms with E-state index in [1.165, 1.54) is 89.3 Å². The van der Waals surface area contributed by atoms with E-state index in [0.29, 0.717) is 31.7 Å². The van der Waals surface area contributed by atoms with Gasteiger partial charge in [0.15, 0.2) is 0 Å². The number of esters is 2. The molecule has 0 bridgehead atoms. The summed E-state index contributed by atoms with van der Waals surface area (Å²) in [6.07, 6.45) is 24.3. The second-order valence-electron chi connectivity index (χ2n) is 20.7. The van der Waals surface area contributed by atoms with E-state index in [0.717, 1.165) is 43.8 Å². The molecule has 61 heavy (non-hydrogen) atoms. The smallest absolute Gasteiger partial charge is 0.311 e. The average molecular weight is 876 g/mol. The minimum atomic E-state index is -0.750. The summed E-state index contributed by atoms with van der Waals surface area (Å²) in [4.78, 5) is 23.9. The number of carbonyl (C=O) groups is 2. The first-order chi connectivity index (χ1) is 28.5. The van der Waals surface area contributed by atoms with Crippen LogP contribution in [0.1, 0.15) is 177 Å². The van der Waals surface area contributed by atoms with Gasteiger partial charge in [-0.15, -0.1) is 0 Å². The van der Waals surface area contributed by atoms with Gasteiger partial charge in [-0.05, 0) is 141 Å². The SMILES string of the molecule is C.CCCC1CCC2OC2C1.CCCCOC(=O)C(C)(C)CC(C)(CC)C(=O)OC.CCCCOCC1CC1.CN.C[Si](C)(C)CCC1CCC2CC2C1.Cc1ccccc1. The monoisotopic (exact) mass is 876 g/mol. The predicted molar refractivity (Wildman–Crippen MR) is 264 cm³/mol. The van der Waals surface area contributed by atoms with E-state index < -0.39 is 18.9 Å². The van der Waals surface area contributed by atoms with Crippen LogP contribution in [0.25, 0.3) is 0 Å². The molecule has 4 saturated carbocycles. The van der Waals surface area contributed by atoms with Gasteiger partial charge in [-0.3, -0.25) is 9.59 Å². The normalized spacial score (nSPS) is 23.9. The van der Waals surface area contributed by atoms with Crippen molar-refractivity contribution in [2.75, 3.05) is 34.0 Å². The highest BCUT2D eigenvalue weighted by Gasteiger charge is 2.44. The lowest BCUT2D eigenvalue weighted by Crippen LogP contribution is -2.38. The second kappa shape index (κ2) is 32.0. The van der Waals surface area contributed by atoms with E-state index in [9.17, 15) is 9.59 Å². The fourth-order valence-corrected chi connectivity index (χ4v) is 9.73. The summed E-state index contributed by atoms with van der Waals surface area (Å²) in [5.41, 5.74) is 4.48. The van der Waals surface area contributed by atoms with Crippen molar-refractivity contribution >= 4 is 20.0 Å². The highest BCUT2D eigenvalue weighted by atomic mass is 28.3. The summed E-state index contributed by atoms with van der Waals surface area (Å²) < 4.78 is 21.0. The summed E-state index contributed by atoms with van der Waals surface area (Å²) in [5, 5.41) is 0. The molecule has 0 amide bonds. The van der Waals surface area contributed by atoms with Crippen LogP contribution in [0.2, 0.25) is 25.7 Å². The topological polar surface area (TPSA) is 100 Å². The highest BCUT2D eigenvalue weighted by molar-refractivity contribution is 6.76. The molecule has 0 aromatic heterocycles. The Bertz CT molecular complexity index is 1250. The Hall–Kier alpha value is -1.74. The molecule has 1 aliphatic heterocycles. The van der Waals surface area contributed by atoms with Crippen molar-refractivity contribution in [1.82, 2.24) is 0 Å². The molecular weight excluding hydrogens is 775 g/mol. The van der Waals surface area contributed by atoms with E-state index >= 15 is 0 Å². The fourth-order valence-electron chi connectivity index (χ4n) is 8.46. The molecule has 6 rings (SSSR count). The molecular formula is C53H101NO6Si. The van der Waals surface area contributed by atoms with Crippen LogP contribution in [0.5, 0.6) is 0 Å². The number of benzene rings is 1. The fraction of sp³-hybridized carbons (Fsp3) is 0.849. The average Bonchev–Trinajstić information content (AvgIpc) is 4.11. The Morgan fingerprint density at radius 1 is 0.738 bits per heavy atom. The maximum Gasteiger partial charge on any atom is 0.311 e. The van der Waals surface area contributed by atoms with Gasteiger partial charge in [0.1, 0.15) is 0 Å². The van der Waals surface area contributed by atoms with Crippen molar-refractivity contribution in [1.29, 1.82) is 0 Å². The molecule has 7 unspecified atom stereocenters. The number of ether oxygens (including phenoxy) is 4. The number of hydrogen-bond donors (Lipinski definition) is 1. The molecule has 7 nitrogen and oxygen atoms in total. The Kier molecular flexibility index (Phi) is 31.1. The number of carbonyl (C=O) groups excluding carboxylic acids is 2. The molecule has 2 N–H and O–H groups in total. The lowest BCUT2D eigenvalue weighted by molar-refractivity contribution is -0.161. The van der Waals surface area contributed by atoms with Crippen LogP contribution in [-0.2, 0) is 28.5 Å². The van der Waals surface area contributed by atoms with Gasteiger partial charge in [-0.25, -0.2) is 0 Å². The standard InChI is InChI=1S/C15H28O4.C12H24Si.C9H16O.C8H16O.C7H8.CH5N.CH4/c1-7-9-10-19-12(16)14(3,4)11-15(5,8-2)13(17)18-6;1-13(2,3)7-6-10-4-5-11-9-12(11)8-10;1-2-3-7-4-5-8-9(6-7)10-8;1-2-3-6-9-7-8-4-5-8;1-7-5-3-2-4-6-7;1-2;/h7-11H2,1-6H3;10-12H,4-9H2,1-3H3;7-9H,2-6H2,1H3;8H,2-7H2,1H3;2-6H,1H3;2H2,1H3;1H4. The summed E-state index contributed by atoms with van der Waals surface area (Å²) in [5.74, 6) is 4.89. The minimum absolute atomic E-state index is 0. The van der Waals surface area contributed by atoms with Gasteiger partial charge in [0.25, 0.3) is 0 Å². The number of epoxide rings is 1. The van der Waals surface area contributed by atoms with Crippen LogP contribution in [0, 0.1) is 47.3 Å². The molecule has 1 saturated heterocycles. The van der Waals surface area contributed by atoms with E-state index in [4.69, 9.17) is 18.9 Å². The molecule has 1 aromatic carbocycles. The zero-order chi connectivity index (χ0) is 45.2. The van der Waals surface area contributed by atoms with Crippen molar-refractivity contribution in [3.8, 4) is 0 Å². The Morgan fingerprint density at radius 3 is 1.82 bits per heavy atom. The lowest BCUT2D eigenvalue weighted by Gasteiger charge is -2.33. The summed E-state index contributed by atoms with van der Waals surface area (Å²) in [7, 11) is 2.13. The van der Waals surface area contributed by atoms with Gasteiger partial charge in [0, 0.05) is 21.3 Å². The predicted octanol–water partition coefficient (Wildman–Crippen LogP) is 14.3. The number of unbranched alkanes of at least 4 members (excludes halogenated alkanes) is 2. The zero-order valence-corrected chi connectivity index (χ0v) is 42.5. The molecule has 1 aromatic rings. The quantitative estimate of drug-likeness (QED) is 0.0678. The second-order valence-corrected chi connectivity index (χ2v) is 26.3. The van der Waals surface area contributed by atoms with Crippen molar-refractivity contribution in [3.05, 3.63) is 35.9 Å². The number of methoxy groups -OCH3 is 1. The van der Waals surface area contributed by atoms with Gasteiger partial charge in [-0.1, -0.05) is 135 Å². The molecule has 0 spiro atoms. The molecule has 8 heteroatoms. The Morgan fingerprint density at radius 2 is 1.33 bits per heavy atom. The van der Waals surface area contributed by atoms with Crippen LogP contribution < -0.4 is 5.73 Å². The Balaban J connectivity index is 0.000000753. The van der Waals surface area contributed by atoms with E-state index in [-0.39, 0.29) is 19.4 Å². The summed E-state index contributed by atoms with van der Waals surface area (Å²) in [6.45, 7) is 26.0. The van der Waals surface area contributed by atoms with E-state index in [1.54, 1.807) is 38.1 Å². The zero-order valence-electron chi connectivity index (χ0n) is 41.5. The number of hydrogen-bond acceptors (Lipinski definition) is 7. The third kappa shape index (κ3) is 27.2. The number of rotatable bonds is 18. The van der Waals surface area contributed by atoms with E-state index in [2.05, 4.69) is 58.3 Å². The molecule has 4 aliphatic carbocycles. The van der Waals surface area contributed by atoms with Gasteiger partial charge in [-0.2, -0.15) is 0 Å². The van der Waals surface area contributed by atoms with Crippen molar-refractivity contribution in [3.63, 3.8) is 0 Å². The van der Waals surface area contributed by atoms with Gasteiger partial charge in [0.05, 0.1) is 36.8 Å². The molecule has 1 heterocycles. The van der Waals surface area contributed by atoms with Gasteiger partial charge >= 0.3 is 11.9 Å². The number of nitrogens with two attached hydrogens (primary N) is 1. The first-order valence-electron chi connectivity index (χ1n) is 24.6. The molecule has 5 fully saturated rings. The van der Waals surface area contributed by atoms with Crippen LogP contribution in [0.15, 0.2) is 30.3 Å². The van der Waals surface area contributed by atoms with Crippen molar-refractivity contribution in [2.24, 2.45) is 46.2 Å². The molecule has 7 atom stereocenters. The first-order valence-corrected chi connectivity index (χ1v) is 28.3. The van der Waals surface area contributed by atoms with E-state index in [1.807, 2.05) is 52.8 Å². The van der Waals surface area contributed by atoms with Gasteiger partial charge in [0.2, 0.25) is 0 Å². The van der Waals surface area contributed by atoms with Crippen LogP contribution >= 0.6 is 0 Å². The number of fused-ring (bicyclic) bond motifs is 2. The van der Waals surface area contributed by atoms with Gasteiger partial charge < -0.3 is 24.7 Å². The maximum atomic E-state index is 12.1. The number of aryl methyl sites for hydroxylation is 1. The largest absolute Gasteiger partial charge is 0.469 e. The lowest BCUT2D eigenvalue weighted by atomic mass is 9.72. The molecule has 0 radical (unpaired) electrons. The third-order valence-corrected chi connectivity index (χ3v) is 14.8. The third-order valence-electron chi connectivity index (χ3n) is 13.0. The summed E-state index contributed by atoms with van der Waals surface area (Å²) in [6, 6.07) is 11.8. The van der Waals surface area contributed by atoms with Crippen LogP contribution in [0.3, 0.4) is 0 Å². The summed E-state index contributed by atoms with van der Waals surface area (Å²) >= 11 is 0.